The van der Waals surface area contributed by atoms with E-state index in [2.05, 4.69) is 4.98 Å². The number of thioether (sulfide) groups is 1. The van der Waals surface area contributed by atoms with Crippen LogP contribution in [-0.2, 0) is 25.6 Å². The van der Waals surface area contributed by atoms with Gasteiger partial charge in [-0.3, -0.25) is 19.2 Å². The van der Waals surface area contributed by atoms with E-state index in [4.69, 9.17) is 15.9 Å². The maximum Gasteiger partial charge on any atom is 0.321 e. The Morgan fingerprint density at radius 2 is 2.17 bits per heavy atom. The molecule has 1 aliphatic rings. The van der Waals surface area contributed by atoms with Crippen molar-refractivity contribution in [2.24, 2.45) is 5.73 Å². The molecule has 0 radical (unpaired) electrons. The molecule has 2 heterocycles. The van der Waals surface area contributed by atoms with Gasteiger partial charge in [0.1, 0.15) is 6.04 Å². The van der Waals surface area contributed by atoms with Gasteiger partial charge in [-0.15, -0.1) is 23.1 Å². The fraction of sp³-hybridized carbons (Fsp3) is 0.417. The van der Waals surface area contributed by atoms with Gasteiger partial charge < -0.3 is 15.9 Å². The molecule has 1 fully saturated rings. The number of carboxylic acid groups (broad SMARTS) is 2. The van der Waals surface area contributed by atoms with Crippen LogP contribution < -0.4 is 10.6 Å². The Kier molecular flexibility index (Phi) is 5.34. The number of aromatic nitrogens is 1. The van der Waals surface area contributed by atoms with E-state index >= 15 is 0 Å². The quantitative estimate of drug-likeness (QED) is 0.550. The van der Waals surface area contributed by atoms with E-state index in [0.29, 0.717) is 0 Å². The number of hydrogen-bond acceptors (Lipinski definition) is 8. The number of imide groups is 1. The van der Waals surface area contributed by atoms with Crippen molar-refractivity contribution in [1.82, 2.24) is 4.98 Å². The number of nitrogens with zero attached hydrogens (tertiary/aromatic N) is 2. The summed E-state index contributed by atoms with van der Waals surface area (Å²) in [7, 11) is 0. The monoisotopic (exact) mass is 359 g/mol. The lowest BCUT2D eigenvalue weighted by Gasteiger charge is -2.12. The molecule has 4 N–H and O–H groups in total. The number of carbonyl (C=O) groups is 4. The lowest BCUT2D eigenvalue weighted by Crippen LogP contribution is -2.35. The van der Waals surface area contributed by atoms with E-state index in [1.165, 1.54) is 5.38 Å². The van der Waals surface area contributed by atoms with E-state index in [-0.39, 0.29) is 29.4 Å². The Labute approximate surface area is 138 Å². The SMILES string of the molecule is NC(CSC1CC(=O)N(c2nc(CC(=O)O)cs2)C1=O)C(=O)O. The highest BCUT2D eigenvalue weighted by Gasteiger charge is 2.41. The second-order valence-electron chi connectivity index (χ2n) is 4.73. The third kappa shape index (κ3) is 4.06. The third-order valence-electron chi connectivity index (χ3n) is 2.96. The minimum atomic E-state index is -1.18. The van der Waals surface area contributed by atoms with Crippen LogP contribution in [0, 0.1) is 0 Å². The van der Waals surface area contributed by atoms with Crippen LogP contribution in [0.4, 0.5) is 5.13 Å². The number of aliphatic carboxylic acids is 2. The molecule has 23 heavy (non-hydrogen) atoms. The molecule has 124 valence electrons. The first-order valence-corrected chi connectivity index (χ1v) is 8.35. The van der Waals surface area contributed by atoms with Gasteiger partial charge in [0, 0.05) is 17.6 Å². The molecule has 0 bridgehead atoms. The van der Waals surface area contributed by atoms with Crippen LogP contribution in [0.1, 0.15) is 12.1 Å². The zero-order valence-corrected chi connectivity index (χ0v) is 13.3. The second kappa shape index (κ2) is 7.06. The van der Waals surface area contributed by atoms with E-state index in [1.54, 1.807) is 0 Å². The minimum absolute atomic E-state index is 0.00892. The Morgan fingerprint density at radius 1 is 1.48 bits per heavy atom. The Bertz CT molecular complexity index is 661. The summed E-state index contributed by atoms with van der Waals surface area (Å²) in [5.41, 5.74) is 5.64. The number of amides is 2. The highest BCUT2D eigenvalue weighted by molar-refractivity contribution is 8.00. The van der Waals surface area contributed by atoms with Crippen LogP contribution in [-0.4, -0.2) is 56.0 Å². The summed E-state index contributed by atoms with van der Waals surface area (Å²) in [5.74, 6) is -3.17. The summed E-state index contributed by atoms with van der Waals surface area (Å²) in [6, 6.07) is -1.11. The summed E-state index contributed by atoms with van der Waals surface area (Å²) in [6.07, 6.45) is -0.359. The molecule has 1 aliphatic heterocycles. The number of carbonyl (C=O) groups excluding carboxylic acids is 2. The summed E-state index contributed by atoms with van der Waals surface area (Å²) >= 11 is 2.02. The molecule has 1 aromatic heterocycles. The lowest BCUT2D eigenvalue weighted by molar-refractivity contribution is -0.138. The zero-order valence-electron chi connectivity index (χ0n) is 11.7. The second-order valence-corrected chi connectivity index (χ2v) is 6.80. The van der Waals surface area contributed by atoms with Crippen molar-refractivity contribution < 1.29 is 29.4 Å². The van der Waals surface area contributed by atoms with Crippen molar-refractivity contribution in [2.75, 3.05) is 10.7 Å². The van der Waals surface area contributed by atoms with Crippen LogP contribution in [0.25, 0.3) is 0 Å². The van der Waals surface area contributed by atoms with Crippen LogP contribution in [0.5, 0.6) is 0 Å². The molecule has 1 saturated heterocycles. The predicted molar refractivity (Wildman–Crippen MR) is 82.4 cm³/mol. The highest BCUT2D eigenvalue weighted by atomic mass is 32.2. The number of rotatable bonds is 7. The molecule has 0 aliphatic carbocycles. The highest BCUT2D eigenvalue weighted by Crippen LogP contribution is 2.31. The van der Waals surface area contributed by atoms with E-state index < -0.39 is 35.0 Å². The zero-order chi connectivity index (χ0) is 17.1. The molecule has 0 spiro atoms. The molecule has 2 rings (SSSR count). The fourth-order valence-corrected chi connectivity index (χ4v) is 3.80. The summed E-state index contributed by atoms with van der Waals surface area (Å²) in [4.78, 5) is 50.5. The molecule has 11 heteroatoms. The smallest absolute Gasteiger partial charge is 0.321 e. The number of anilines is 1. The largest absolute Gasteiger partial charge is 0.481 e. The molecule has 1 aromatic rings. The van der Waals surface area contributed by atoms with Crippen LogP contribution in [0.2, 0.25) is 0 Å². The molecule has 2 unspecified atom stereocenters. The number of nitrogens with two attached hydrogens (primary N) is 1. The summed E-state index contributed by atoms with van der Waals surface area (Å²) in [5, 5.41) is 18.3. The van der Waals surface area contributed by atoms with Crippen molar-refractivity contribution in [3.8, 4) is 0 Å². The minimum Gasteiger partial charge on any atom is -0.481 e. The van der Waals surface area contributed by atoms with E-state index in [1.807, 2.05) is 0 Å². The lowest BCUT2D eigenvalue weighted by atomic mass is 10.3. The summed E-state index contributed by atoms with van der Waals surface area (Å²) < 4.78 is 0. The van der Waals surface area contributed by atoms with Crippen LogP contribution in [0.3, 0.4) is 0 Å². The van der Waals surface area contributed by atoms with Crippen molar-refractivity contribution in [1.29, 1.82) is 0 Å². The van der Waals surface area contributed by atoms with Gasteiger partial charge in [0.15, 0.2) is 5.13 Å². The molecular formula is C12H13N3O6S2. The van der Waals surface area contributed by atoms with Crippen molar-refractivity contribution in [2.45, 2.75) is 24.1 Å². The molecule has 9 nitrogen and oxygen atoms in total. The maximum atomic E-state index is 12.3. The first kappa shape index (κ1) is 17.4. The number of carboxylic acids is 2. The van der Waals surface area contributed by atoms with Crippen molar-refractivity contribution >= 4 is 52.0 Å². The average Bonchev–Trinajstić information content (AvgIpc) is 3.00. The van der Waals surface area contributed by atoms with Gasteiger partial charge in [0.25, 0.3) is 0 Å². The fourth-order valence-electron chi connectivity index (χ4n) is 1.86. The van der Waals surface area contributed by atoms with Gasteiger partial charge in [-0.2, -0.15) is 0 Å². The Hall–Kier alpha value is -1.98. The topological polar surface area (TPSA) is 151 Å². The van der Waals surface area contributed by atoms with E-state index in [0.717, 1.165) is 28.0 Å². The van der Waals surface area contributed by atoms with Crippen molar-refractivity contribution in [3.63, 3.8) is 0 Å². The van der Waals surface area contributed by atoms with E-state index in [9.17, 15) is 19.2 Å². The van der Waals surface area contributed by atoms with Gasteiger partial charge in [-0.25, -0.2) is 9.88 Å². The molecule has 0 saturated carbocycles. The molecule has 2 amide bonds. The normalized spacial score (nSPS) is 19.2. The van der Waals surface area contributed by atoms with Gasteiger partial charge in [-0.1, -0.05) is 0 Å². The summed E-state index contributed by atoms with van der Waals surface area (Å²) in [6.45, 7) is 0. The number of hydrogen-bond donors (Lipinski definition) is 3. The Morgan fingerprint density at radius 3 is 2.78 bits per heavy atom. The first-order chi connectivity index (χ1) is 10.8. The van der Waals surface area contributed by atoms with Crippen LogP contribution in [0.15, 0.2) is 5.38 Å². The Balaban J connectivity index is 2.05. The van der Waals surface area contributed by atoms with Crippen molar-refractivity contribution in [3.05, 3.63) is 11.1 Å². The third-order valence-corrected chi connectivity index (χ3v) is 5.16. The molecule has 2 atom stereocenters. The van der Waals surface area contributed by atoms with Gasteiger partial charge in [0.2, 0.25) is 11.8 Å². The maximum absolute atomic E-state index is 12.3. The average molecular weight is 359 g/mol. The standard InChI is InChI=1S/C12H13N3O6S2/c13-6(11(20)21)4-22-7-2-8(16)15(10(7)19)12-14-5(3-23-12)1-9(17)18/h3,6-7H,1-2,4,13H2,(H,17,18)(H,20,21). The molecule has 0 aromatic carbocycles. The van der Waals surface area contributed by atoms with Gasteiger partial charge in [-0.05, 0) is 0 Å². The predicted octanol–water partition coefficient (Wildman–Crippen LogP) is -0.453. The number of thiazole rings is 1. The van der Waals surface area contributed by atoms with Crippen LogP contribution >= 0.6 is 23.1 Å². The first-order valence-electron chi connectivity index (χ1n) is 6.42. The van der Waals surface area contributed by atoms with Gasteiger partial charge >= 0.3 is 11.9 Å². The molecular weight excluding hydrogens is 346 g/mol. The van der Waals surface area contributed by atoms with Gasteiger partial charge in [0.05, 0.1) is 17.4 Å².